The van der Waals surface area contributed by atoms with Gasteiger partial charge in [-0.25, -0.2) is 4.79 Å². The van der Waals surface area contributed by atoms with Crippen molar-refractivity contribution in [3.63, 3.8) is 0 Å². The van der Waals surface area contributed by atoms with Crippen LogP contribution in [0.25, 0.3) is 0 Å². The second-order valence-corrected chi connectivity index (χ2v) is 7.59. The fraction of sp³-hybridized carbons (Fsp3) is 0.435. The molecule has 0 bridgehead atoms. The minimum Gasteiger partial charge on any atom is -0.445 e. The Hall–Kier alpha value is -2.53. The summed E-state index contributed by atoms with van der Waals surface area (Å²) in [4.78, 5) is 19.3. The Morgan fingerprint density at radius 2 is 1.75 bits per heavy atom. The van der Waals surface area contributed by atoms with Crippen LogP contribution in [0.2, 0.25) is 0 Å². The van der Waals surface area contributed by atoms with Crippen molar-refractivity contribution in [2.24, 2.45) is 0 Å². The molecule has 0 unspecified atom stereocenters. The molecule has 0 spiro atoms. The highest BCUT2D eigenvalue weighted by Crippen LogP contribution is 2.26. The third kappa shape index (κ3) is 4.30. The minimum absolute atomic E-state index is 0.225. The van der Waals surface area contributed by atoms with Gasteiger partial charge in [0.05, 0.1) is 0 Å². The quantitative estimate of drug-likeness (QED) is 0.814. The molecule has 2 aliphatic rings. The third-order valence-corrected chi connectivity index (χ3v) is 5.85. The number of rotatable bonds is 4. The SMILES string of the molecule is CCN1CCN(c2ccc3c(c2)CN(C(=O)OCc2ccccc2)CC3)CC1. The average Bonchev–Trinajstić information content (AvgIpc) is 2.77. The molecule has 2 aliphatic heterocycles. The van der Waals surface area contributed by atoms with E-state index in [0.717, 1.165) is 51.3 Å². The zero-order valence-electron chi connectivity index (χ0n) is 16.6. The van der Waals surface area contributed by atoms with E-state index in [1.54, 1.807) is 0 Å². The molecule has 1 fully saturated rings. The van der Waals surface area contributed by atoms with E-state index in [4.69, 9.17) is 4.74 Å². The number of amides is 1. The van der Waals surface area contributed by atoms with Crippen LogP contribution in [0.5, 0.6) is 0 Å². The van der Waals surface area contributed by atoms with Gasteiger partial charge >= 0.3 is 6.09 Å². The summed E-state index contributed by atoms with van der Waals surface area (Å²) in [6, 6.07) is 16.6. The fourth-order valence-corrected chi connectivity index (χ4v) is 4.03. The van der Waals surface area contributed by atoms with Gasteiger partial charge in [0.1, 0.15) is 6.61 Å². The summed E-state index contributed by atoms with van der Waals surface area (Å²) in [7, 11) is 0. The molecule has 2 heterocycles. The zero-order valence-corrected chi connectivity index (χ0v) is 16.6. The topological polar surface area (TPSA) is 36.0 Å². The molecule has 0 N–H and O–H groups in total. The number of hydrogen-bond donors (Lipinski definition) is 0. The number of likely N-dealkylation sites (N-methyl/N-ethyl adjacent to an activating group) is 1. The van der Waals surface area contributed by atoms with Gasteiger partial charge in [-0.1, -0.05) is 43.3 Å². The van der Waals surface area contributed by atoms with Crippen LogP contribution in [-0.4, -0.2) is 55.2 Å². The maximum atomic E-state index is 12.5. The normalized spacial score (nSPS) is 17.3. The Morgan fingerprint density at radius 3 is 2.50 bits per heavy atom. The highest BCUT2D eigenvalue weighted by Gasteiger charge is 2.23. The Morgan fingerprint density at radius 1 is 0.964 bits per heavy atom. The van der Waals surface area contributed by atoms with Crippen LogP contribution in [0.4, 0.5) is 10.5 Å². The van der Waals surface area contributed by atoms with Crippen LogP contribution in [0, 0.1) is 0 Å². The van der Waals surface area contributed by atoms with Crippen molar-refractivity contribution in [2.45, 2.75) is 26.5 Å². The molecule has 28 heavy (non-hydrogen) atoms. The fourth-order valence-electron chi connectivity index (χ4n) is 4.03. The molecular formula is C23H29N3O2. The molecule has 5 heteroatoms. The predicted octanol–water partition coefficient (Wildman–Crippen LogP) is 3.52. The number of benzene rings is 2. The van der Waals surface area contributed by atoms with Gasteiger partial charge in [-0.05, 0) is 41.8 Å². The molecule has 0 atom stereocenters. The highest BCUT2D eigenvalue weighted by molar-refractivity contribution is 5.68. The van der Waals surface area contributed by atoms with Gasteiger partial charge in [0, 0.05) is 45.0 Å². The number of hydrogen-bond acceptors (Lipinski definition) is 4. The maximum Gasteiger partial charge on any atom is 0.410 e. The lowest BCUT2D eigenvalue weighted by Crippen LogP contribution is -2.46. The second-order valence-electron chi connectivity index (χ2n) is 7.59. The van der Waals surface area contributed by atoms with Gasteiger partial charge in [-0.3, -0.25) is 0 Å². The summed E-state index contributed by atoms with van der Waals surface area (Å²) in [5.74, 6) is 0. The van der Waals surface area contributed by atoms with Gasteiger partial charge in [-0.15, -0.1) is 0 Å². The van der Waals surface area contributed by atoms with Crippen molar-refractivity contribution in [1.82, 2.24) is 9.80 Å². The Labute approximate surface area is 167 Å². The molecule has 148 valence electrons. The van der Waals surface area contributed by atoms with Crippen LogP contribution < -0.4 is 4.90 Å². The van der Waals surface area contributed by atoms with E-state index >= 15 is 0 Å². The van der Waals surface area contributed by atoms with E-state index in [1.165, 1.54) is 16.8 Å². The smallest absolute Gasteiger partial charge is 0.410 e. The predicted molar refractivity (Wildman–Crippen MR) is 112 cm³/mol. The Balaban J connectivity index is 1.38. The van der Waals surface area contributed by atoms with Gasteiger partial charge in [-0.2, -0.15) is 0 Å². The van der Waals surface area contributed by atoms with Crippen LogP contribution >= 0.6 is 0 Å². The van der Waals surface area contributed by atoms with Crippen molar-refractivity contribution in [3.05, 3.63) is 65.2 Å². The summed E-state index contributed by atoms with van der Waals surface area (Å²) in [5, 5.41) is 0. The lowest BCUT2D eigenvalue weighted by atomic mass is 9.99. The summed E-state index contributed by atoms with van der Waals surface area (Å²) >= 11 is 0. The summed E-state index contributed by atoms with van der Waals surface area (Å²) in [6.45, 7) is 9.38. The second kappa shape index (κ2) is 8.65. The van der Waals surface area contributed by atoms with E-state index in [9.17, 15) is 4.79 Å². The molecule has 1 saturated heterocycles. The van der Waals surface area contributed by atoms with E-state index in [-0.39, 0.29) is 6.09 Å². The van der Waals surface area contributed by atoms with Crippen LogP contribution in [-0.2, 0) is 24.3 Å². The summed E-state index contributed by atoms with van der Waals surface area (Å²) in [6.07, 6.45) is 0.663. The van der Waals surface area contributed by atoms with Crippen molar-refractivity contribution in [2.75, 3.05) is 44.2 Å². The number of piperazine rings is 1. The average molecular weight is 380 g/mol. The van der Waals surface area contributed by atoms with E-state index in [1.807, 2.05) is 35.2 Å². The van der Waals surface area contributed by atoms with Gasteiger partial charge in [0.25, 0.3) is 0 Å². The number of carbonyl (C=O) groups is 1. The highest BCUT2D eigenvalue weighted by atomic mass is 16.6. The van der Waals surface area contributed by atoms with E-state index < -0.39 is 0 Å². The first-order chi connectivity index (χ1) is 13.7. The molecule has 0 saturated carbocycles. The first-order valence-electron chi connectivity index (χ1n) is 10.3. The molecule has 2 aromatic carbocycles. The molecule has 0 aliphatic carbocycles. The molecule has 1 amide bonds. The van der Waals surface area contributed by atoms with Crippen molar-refractivity contribution < 1.29 is 9.53 Å². The van der Waals surface area contributed by atoms with Crippen LogP contribution in [0.1, 0.15) is 23.6 Å². The molecule has 4 rings (SSSR count). The van der Waals surface area contributed by atoms with Crippen LogP contribution in [0.3, 0.4) is 0 Å². The summed E-state index contributed by atoms with van der Waals surface area (Å²) in [5.41, 5.74) is 4.89. The number of anilines is 1. The molecule has 2 aromatic rings. The van der Waals surface area contributed by atoms with Gasteiger partial charge in [0.15, 0.2) is 0 Å². The number of ether oxygens (including phenoxy) is 1. The number of nitrogens with zero attached hydrogens (tertiary/aromatic N) is 3. The van der Waals surface area contributed by atoms with Crippen LogP contribution in [0.15, 0.2) is 48.5 Å². The lowest BCUT2D eigenvalue weighted by Gasteiger charge is -2.36. The minimum atomic E-state index is -0.225. The molecule has 0 radical (unpaired) electrons. The standard InChI is InChI=1S/C23H29N3O2/c1-2-24-12-14-25(15-13-24)22-9-8-20-10-11-26(17-21(20)16-22)23(27)28-18-19-6-4-3-5-7-19/h3-9,16H,2,10-15,17-18H2,1H3. The molecular weight excluding hydrogens is 350 g/mol. The molecule has 0 aromatic heterocycles. The maximum absolute atomic E-state index is 12.5. The first kappa shape index (κ1) is 18.8. The van der Waals surface area contributed by atoms with Gasteiger partial charge in [0.2, 0.25) is 0 Å². The number of carbonyl (C=O) groups excluding carboxylic acids is 1. The van der Waals surface area contributed by atoms with Crippen molar-refractivity contribution >= 4 is 11.8 Å². The largest absolute Gasteiger partial charge is 0.445 e. The molecule has 5 nitrogen and oxygen atoms in total. The van der Waals surface area contributed by atoms with E-state index in [0.29, 0.717) is 13.2 Å². The Bertz CT molecular complexity index is 801. The monoisotopic (exact) mass is 379 g/mol. The van der Waals surface area contributed by atoms with Gasteiger partial charge < -0.3 is 19.4 Å². The Kier molecular flexibility index (Phi) is 5.81. The third-order valence-electron chi connectivity index (χ3n) is 5.85. The summed E-state index contributed by atoms with van der Waals surface area (Å²) < 4.78 is 5.52. The van der Waals surface area contributed by atoms with Crippen molar-refractivity contribution in [3.8, 4) is 0 Å². The zero-order chi connectivity index (χ0) is 19.3. The lowest BCUT2D eigenvalue weighted by molar-refractivity contribution is 0.0918. The van der Waals surface area contributed by atoms with E-state index in [2.05, 4.69) is 34.9 Å². The number of fused-ring (bicyclic) bond motifs is 1. The van der Waals surface area contributed by atoms with Crippen molar-refractivity contribution in [1.29, 1.82) is 0 Å². The first-order valence-corrected chi connectivity index (χ1v) is 10.3.